The minimum absolute atomic E-state index is 0.00477. The van der Waals surface area contributed by atoms with Gasteiger partial charge in [0.05, 0.1) is 37.2 Å². The van der Waals surface area contributed by atoms with Crippen LogP contribution in [0.15, 0.2) is 0 Å². The van der Waals surface area contributed by atoms with Gasteiger partial charge in [0.25, 0.3) is 0 Å². The number of hydrogen-bond donors (Lipinski definition) is 0. The molecule has 0 spiro atoms. The highest BCUT2D eigenvalue weighted by molar-refractivity contribution is 5.74. The lowest BCUT2D eigenvalue weighted by atomic mass is 9.83. The quantitative estimate of drug-likeness (QED) is 0.311. The largest absolute Gasteiger partial charge is 0.466 e. The molecular formula is C26H47NO7. The summed E-state index contributed by atoms with van der Waals surface area (Å²) in [6, 6.07) is -0.475. The molecule has 8 heteroatoms. The zero-order valence-electron chi connectivity index (χ0n) is 23.1. The summed E-state index contributed by atoms with van der Waals surface area (Å²) in [5.74, 6) is -1.39. The van der Waals surface area contributed by atoms with Gasteiger partial charge in [-0.1, -0.05) is 27.7 Å². The van der Waals surface area contributed by atoms with Gasteiger partial charge in [-0.3, -0.25) is 14.5 Å². The SMILES string of the molecule is CCOC(=O)[C@@H](C[C@@H]1[C@@H](C[C@H](C(=O)OCC)C(C)C)OC(C)(C)N1C(=O)OC(C)(C)C)C(C)C. The van der Waals surface area contributed by atoms with Gasteiger partial charge in [-0.2, -0.15) is 0 Å². The van der Waals surface area contributed by atoms with Crippen molar-refractivity contribution >= 4 is 18.0 Å². The Morgan fingerprint density at radius 3 is 1.71 bits per heavy atom. The van der Waals surface area contributed by atoms with E-state index < -0.39 is 41.4 Å². The first-order chi connectivity index (χ1) is 15.6. The third kappa shape index (κ3) is 8.14. The van der Waals surface area contributed by atoms with Gasteiger partial charge in [-0.15, -0.1) is 0 Å². The van der Waals surface area contributed by atoms with E-state index in [4.69, 9.17) is 18.9 Å². The van der Waals surface area contributed by atoms with Gasteiger partial charge < -0.3 is 18.9 Å². The molecule has 4 atom stereocenters. The average molecular weight is 486 g/mol. The van der Waals surface area contributed by atoms with Crippen molar-refractivity contribution in [3.8, 4) is 0 Å². The number of hydrogen-bond acceptors (Lipinski definition) is 7. The monoisotopic (exact) mass is 485 g/mol. The predicted molar refractivity (Wildman–Crippen MR) is 130 cm³/mol. The Morgan fingerprint density at radius 2 is 1.32 bits per heavy atom. The van der Waals surface area contributed by atoms with Gasteiger partial charge in [-0.05, 0) is 73.1 Å². The first-order valence-electron chi connectivity index (χ1n) is 12.6. The number of amides is 1. The minimum atomic E-state index is -0.982. The Morgan fingerprint density at radius 1 is 0.882 bits per heavy atom. The van der Waals surface area contributed by atoms with Gasteiger partial charge in [0.2, 0.25) is 0 Å². The highest BCUT2D eigenvalue weighted by Crippen LogP contribution is 2.41. The van der Waals surface area contributed by atoms with Gasteiger partial charge in [-0.25, -0.2) is 4.79 Å². The summed E-state index contributed by atoms with van der Waals surface area (Å²) in [6.07, 6.45) is -0.266. The molecule has 0 aliphatic carbocycles. The highest BCUT2D eigenvalue weighted by atomic mass is 16.6. The van der Waals surface area contributed by atoms with Crippen LogP contribution in [0.3, 0.4) is 0 Å². The molecule has 1 fully saturated rings. The van der Waals surface area contributed by atoms with Crippen LogP contribution in [-0.2, 0) is 28.5 Å². The molecule has 0 unspecified atom stereocenters. The van der Waals surface area contributed by atoms with Crippen molar-refractivity contribution in [1.82, 2.24) is 4.90 Å². The van der Waals surface area contributed by atoms with Crippen molar-refractivity contribution in [2.24, 2.45) is 23.7 Å². The fourth-order valence-corrected chi connectivity index (χ4v) is 4.49. The number of rotatable bonds is 10. The molecule has 1 rings (SSSR count). The van der Waals surface area contributed by atoms with Crippen LogP contribution in [0.4, 0.5) is 4.79 Å². The third-order valence-corrected chi connectivity index (χ3v) is 6.14. The summed E-state index contributed by atoms with van der Waals surface area (Å²) in [5.41, 5.74) is -1.68. The molecule has 0 aromatic carbocycles. The molecule has 0 aromatic rings. The maximum Gasteiger partial charge on any atom is 0.412 e. The Labute approximate surface area is 206 Å². The van der Waals surface area contributed by atoms with Crippen molar-refractivity contribution in [2.75, 3.05) is 13.2 Å². The van der Waals surface area contributed by atoms with E-state index >= 15 is 0 Å². The lowest BCUT2D eigenvalue weighted by Crippen LogP contribution is -2.51. The summed E-state index contributed by atoms with van der Waals surface area (Å²) < 4.78 is 22.8. The van der Waals surface area contributed by atoms with Crippen LogP contribution < -0.4 is 0 Å². The molecule has 0 saturated carbocycles. The third-order valence-electron chi connectivity index (χ3n) is 6.14. The van der Waals surface area contributed by atoms with E-state index in [0.29, 0.717) is 19.4 Å². The van der Waals surface area contributed by atoms with E-state index in [2.05, 4.69) is 0 Å². The Balaban J connectivity index is 3.42. The fraction of sp³-hybridized carbons (Fsp3) is 0.885. The van der Waals surface area contributed by atoms with E-state index in [9.17, 15) is 14.4 Å². The normalized spacial score (nSPS) is 22.0. The van der Waals surface area contributed by atoms with Gasteiger partial charge >= 0.3 is 18.0 Å². The highest BCUT2D eigenvalue weighted by Gasteiger charge is 2.53. The van der Waals surface area contributed by atoms with Gasteiger partial charge in [0, 0.05) is 0 Å². The van der Waals surface area contributed by atoms with Crippen molar-refractivity contribution < 1.29 is 33.3 Å². The smallest absolute Gasteiger partial charge is 0.412 e. The van der Waals surface area contributed by atoms with E-state index in [0.717, 1.165) is 0 Å². The molecule has 1 aliphatic rings. The van der Waals surface area contributed by atoms with E-state index in [1.165, 1.54) is 0 Å². The van der Waals surface area contributed by atoms with Gasteiger partial charge in [0.15, 0.2) is 0 Å². The molecule has 198 valence electrons. The van der Waals surface area contributed by atoms with Crippen molar-refractivity contribution in [2.45, 2.75) is 112 Å². The first-order valence-corrected chi connectivity index (χ1v) is 12.6. The summed E-state index contributed by atoms with van der Waals surface area (Å²) >= 11 is 0. The maximum absolute atomic E-state index is 13.4. The summed E-state index contributed by atoms with van der Waals surface area (Å²) in [4.78, 5) is 40.5. The molecule has 0 bridgehead atoms. The Bertz CT molecular complexity index is 696. The molecule has 1 saturated heterocycles. The lowest BCUT2D eigenvalue weighted by molar-refractivity contribution is -0.153. The molecule has 1 aliphatic heterocycles. The second-order valence-electron chi connectivity index (χ2n) is 11.2. The van der Waals surface area contributed by atoms with Crippen LogP contribution in [0.2, 0.25) is 0 Å². The maximum atomic E-state index is 13.4. The number of carbonyl (C=O) groups is 3. The standard InChI is InChI=1S/C26H47NO7/c1-12-31-22(28)18(16(3)4)14-20-21(15-19(17(5)6)23(29)32-13-2)33-26(10,11)27(20)24(30)34-25(7,8)9/h16-21H,12-15H2,1-11H3/t18-,19-,20+,21+/m0/s1. The van der Waals surface area contributed by atoms with Crippen molar-refractivity contribution in [3.05, 3.63) is 0 Å². The molecule has 0 aromatic heterocycles. The molecular weight excluding hydrogens is 438 g/mol. The summed E-state index contributed by atoms with van der Waals surface area (Å²) in [5, 5.41) is 0. The number of nitrogens with zero attached hydrogens (tertiary/aromatic N) is 1. The van der Waals surface area contributed by atoms with Gasteiger partial charge in [0.1, 0.15) is 11.3 Å². The molecule has 34 heavy (non-hydrogen) atoms. The lowest BCUT2D eigenvalue weighted by Gasteiger charge is -2.36. The molecule has 0 radical (unpaired) electrons. The number of esters is 2. The van der Waals surface area contributed by atoms with Crippen LogP contribution in [-0.4, -0.2) is 59.6 Å². The van der Waals surface area contributed by atoms with E-state index in [1.807, 2.05) is 62.3 Å². The van der Waals surface area contributed by atoms with Crippen molar-refractivity contribution in [3.63, 3.8) is 0 Å². The number of carbonyl (C=O) groups excluding carboxylic acids is 3. The van der Waals surface area contributed by atoms with E-state index in [-0.39, 0.29) is 30.4 Å². The first kappa shape index (κ1) is 30.2. The topological polar surface area (TPSA) is 91.4 Å². The molecule has 1 amide bonds. The predicted octanol–water partition coefficient (Wildman–Crippen LogP) is 5.18. The molecule has 1 heterocycles. The summed E-state index contributed by atoms with van der Waals surface area (Å²) in [7, 11) is 0. The molecule has 0 N–H and O–H groups in total. The van der Waals surface area contributed by atoms with Crippen LogP contribution >= 0.6 is 0 Å². The second-order valence-corrected chi connectivity index (χ2v) is 11.2. The number of ether oxygens (including phenoxy) is 4. The Kier molecular flexibility index (Phi) is 10.9. The van der Waals surface area contributed by atoms with Crippen LogP contribution in [0.5, 0.6) is 0 Å². The Hall–Kier alpha value is -1.83. The van der Waals surface area contributed by atoms with E-state index in [1.54, 1.807) is 18.7 Å². The fourth-order valence-electron chi connectivity index (χ4n) is 4.49. The minimum Gasteiger partial charge on any atom is -0.466 e. The zero-order chi connectivity index (χ0) is 26.4. The zero-order valence-corrected chi connectivity index (χ0v) is 23.1. The average Bonchev–Trinajstić information content (AvgIpc) is 2.91. The van der Waals surface area contributed by atoms with Crippen LogP contribution in [0, 0.1) is 23.7 Å². The summed E-state index contributed by atoms with van der Waals surface area (Å²) in [6.45, 7) is 21.1. The second kappa shape index (κ2) is 12.2. The van der Waals surface area contributed by atoms with Crippen LogP contribution in [0.25, 0.3) is 0 Å². The molecule has 8 nitrogen and oxygen atoms in total. The van der Waals surface area contributed by atoms with Crippen molar-refractivity contribution in [1.29, 1.82) is 0 Å². The van der Waals surface area contributed by atoms with Crippen LogP contribution in [0.1, 0.15) is 89.0 Å².